The van der Waals surface area contributed by atoms with Crippen molar-refractivity contribution in [1.29, 1.82) is 0 Å². The highest BCUT2D eigenvalue weighted by Gasteiger charge is 2.44. The van der Waals surface area contributed by atoms with Crippen LogP contribution in [0.5, 0.6) is 0 Å². The van der Waals surface area contributed by atoms with Crippen molar-refractivity contribution < 1.29 is 0 Å². The number of aryl methyl sites for hydroxylation is 3. The van der Waals surface area contributed by atoms with Gasteiger partial charge >= 0.3 is 0 Å². The van der Waals surface area contributed by atoms with E-state index in [1.807, 2.05) is 0 Å². The monoisotopic (exact) mass is 901 g/mol. The van der Waals surface area contributed by atoms with E-state index in [0.717, 1.165) is 51.4 Å². The topological polar surface area (TPSA) is 0 Å². The van der Waals surface area contributed by atoms with Crippen molar-refractivity contribution in [3.63, 3.8) is 0 Å². The van der Waals surface area contributed by atoms with Gasteiger partial charge in [0.2, 0.25) is 0 Å². The van der Waals surface area contributed by atoms with E-state index in [9.17, 15) is 0 Å². The van der Waals surface area contributed by atoms with Crippen molar-refractivity contribution in [2.24, 2.45) is 35.5 Å². The standard InChI is InChI=1S/C69H72/c1-39-17-12-18-40(2)65(39)60-37-59-55-33-48(30-32-53(55)61(66-41(3)19-13-20-42(66)4)35-57(59)50-26-10-11-27-51(50)60)49-29-31-52-56(34-49)63(68-45(7)23-15-24-46(68)8)38-64-58(52)36-62(54-28-16-25-47(9)69(54)64)67-43(5)21-14-22-44(67)6/h10,13-17,19-26,28-29,31,33-35,37,43,45,57,59,62-63,67-68H,11-12,18,27,30,32,36,38H2,1-9H3. The van der Waals surface area contributed by atoms with E-state index >= 15 is 0 Å². The van der Waals surface area contributed by atoms with Gasteiger partial charge in [-0.2, -0.15) is 0 Å². The first-order valence-corrected chi connectivity index (χ1v) is 26.8. The van der Waals surface area contributed by atoms with Gasteiger partial charge in [-0.15, -0.1) is 0 Å². The number of fused-ring (bicyclic) bond motifs is 7. The third kappa shape index (κ3) is 7.20. The Morgan fingerprint density at radius 3 is 1.90 bits per heavy atom. The molecule has 348 valence electrons. The summed E-state index contributed by atoms with van der Waals surface area (Å²) in [4.78, 5) is 0. The van der Waals surface area contributed by atoms with Gasteiger partial charge in [-0.1, -0.05) is 158 Å². The van der Waals surface area contributed by atoms with Crippen LogP contribution in [0.15, 0.2) is 183 Å². The molecule has 0 fully saturated rings. The Balaban J connectivity index is 1.03. The minimum atomic E-state index is 0.299. The van der Waals surface area contributed by atoms with E-state index in [0.29, 0.717) is 47.3 Å². The average Bonchev–Trinajstić information content (AvgIpc) is 3.33. The SMILES string of the molecule is CC1=CCCC(C)=C1C1=CC2C3=C(CCC(c4ccc5c(c4)C(C4C(C)=CC=CC4C)CC4=C5CC(C5C(C)=CC=CC5C)c5cccc(C)c54)=C3)C(c3c(C)cccc3C)=CC2C2=C1CCC=C2. The van der Waals surface area contributed by atoms with Gasteiger partial charge in [0.15, 0.2) is 0 Å². The van der Waals surface area contributed by atoms with Crippen LogP contribution in [0.2, 0.25) is 0 Å². The molecule has 0 saturated heterocycles. The van der Waals surface area contributed by atoms with Crippen molar-refractivity contribution in [1.82, 2.24) is 0 Å². The largest absolute Gasteiger partial charge is 0.0839 e. The second-order valence-corrected chi connectivity index (χ2v) is 22.8. The predicted molar refractivity (Wildman–Crippen MR) is 295 cm³/mol. The third-order valence-corrected chi connectivity index (χ3v) is 18.8. The zero-order chi connectivity index (χ0) is 47.4. The summed E-state index contributed by atoms with van der Waals surface area (Å²) in [6, 6.07) is 22.0. The highest BCUT2D eigenvalue weighted by Crippen LogP contribution is 2.60. The molecule has 3 aromatic rings. The van der Waals surface area contributed by atoms with Crippen LogP contribution >= 0.6 is 0 Å². The van der Waals surface area contributed by atoms with Gasteiger partial charge in [-0.3, -0.25) is 0 Å². The molecule has 0 saturated carbocycles. The number of hydrogen-bond acceptors (Lipinski definition) is 0. The van der Waals surface area contributed by atoms with E-state index in [1.165, 1.54) is 72.4 Å². The molecule has 0 aliphatic heterocycles. The molecule has 69 heavy (non-hydrogen) atoms. The van der Waals surface area contributed by atoms with Gasteiger partial charge in [0.25, 0.3) is 0 Å². The van der Waals surface area contributed by atoms with E-state index in [2.05, 4.69) is 190 Å². The maximum atomic E-state index is 2.76. The summed E-state index contributed by atoms with van der Waals surface area (Å²) >= 11 is 0. The summed E-state index contributed by atoms with van der Waals surface area (Å²) < 4.78 is 0. The molecule has 3 aromatic carbocycles. The lowest BCUT2D eigenvalue weighted by Crippen LogP contribution is -2.30. The lowest BCUT2D eigenvalue weighted by Gasteiger charge is -2.44. The molecule has 9 aliphatic carbocycles. The van der Waals surface area contributed by atoms with E-state index in [4.69, 9.17) is 0 Å². The van der Waals surface area contributed by atoms with E-state index in [-0.39, 0.29) is 0 Å². The summed E-state index contributed by atoms with van der Waals surface area (Å²) in [6.07, 6.45) is 38.9. The zero-order valence-electron chi connectivity index (χ0n) is 42.9. The molecule has 0 radical (unpaired) electrons. The molecule has 0 N–H and O–H groups in total. The first-order chi connectivity index (χ1) is 33.5. The number of rotatable bonds is 5. The van der Waals surface area contributed by atoms with Gasteiger partial charge in [0.05, 0.1) is 0 Å². The predicted octanol–water partition coefficient (Wildman–Crippen LogP) is 18.5. The normalized spacial score (nSPS) is 29.2. The zero-order valence-corrected chi connectivity index (χ0v) is 42.9. The van der Waals surface area contributed by atoms with Gasteiger partial charge < -0.3 is 0 Å². The molecular formula is C69H72. The molecular weight excluding hydrogens is 829 g/mol. The Labute approximate surface area is 414 Å². The van der Waals surface area contributed by atoms with Crippen LogP contribution in [-0.4, -0.2) is 0 Å². The molecule has 12 rings (SSSR count). The van der Waals surface area contributed by atoms with E-state index < -0.39 is 0 Å². The first-order valence-electron chi connectivity index (χ1n) is 26.8. The third-order valence-electron chi connectivity index (χ3n) is 18.8. The Morgan fingerprint density at radius 2 is 1.19 bits per heavy atom. The van der Waals surface area contributed by atoms with Crippen LogP contribution in [0, 0.1) is 56.3 Å². The summed E-state index contributed by atoms with van der Waals surface area (Å²) in [5, 5.41) is 0. The smallest absolute Gasteiger partial charge is 0.0134 e. The minimum absolute atomic E-state index is 0.299. The van der Waals surface area contributed by atoms with Crippen LogP contribution < -0.4 is 0 Å². The highest BCUT2D eigenvalue weighted by atomic mass is 14.5. The Morgan fingerprint density at radius 1 is 0.551 bits per heavy atom. The van der Waals surface area contributed by atoms with Crippen molar-refractivity contribution >= 4 is 22.3 Å². The van der Waals surface area contributed by atoms with Crippen molar-refractivity contribution in [2.45, 2.75) is 126 Å². The fourth-order valence-corrected chi connectivity index (χ4v) is 15.7. The fourth-order valence-electron chi connectivity index (χ4n) is 15.7. The molecule has 8 unspecified atom stereocenters. The molecule has 0 spiro atoms. The van der Waals surface area contributed by atoms with Crippen molar-refractivity contribution in [3.05, 3.63) is 233 Å². The summed E-state index contributed by atoms with van der Waals surface area (Å²) in [5.74, 6) is 3.43. The maximum absolute atomic E-state index is 2.76. The number of benzene rings is 3. The Kier molecular flexibility index (Phi) is 11.2. The average molecular weight is 901 g/mol. The Hall–Kier alpha value is -5.72. The molecule has 0 heteroatoms. The van der Waals surface area contributed by atoms with Gasteiger partial charge in [-0.05, 0) is 247 Å². The van der Waals surface area contributed by atoms with Crippen LogP contribution in [0.1, 0.15) is 155 Å². The quantitative estimate of drug-likeness (QED) is 0.239. The minimum Gasteiger partial charge on any atom is -0.0839 e. The second kappa shape index (κ2) is 17.3. The highest BCUT2D eigenvalue weighted by molar-refractivity contribution is 5.98. The summed E-state index contributed by atoms with van der Waals surface area (Å²) in [5.41, 5.74) is 35.1. The molecule has 9 aliphatic rings. The number of allylic oxidation sites excluding steroid dienone is 26. The molecule has 0 bridgehead atoms. The van der Waals surface area contributed by atoms with Crippen molar-refractivity contribution in [3.8, 4) is 0 Å². The first kappa shape index (κ1) is 44.5. The Bertz CT molecular complexity index is 3150. The van der Waals surface area contributed by atoms with Gasteiger partial charge in [0, 0.05) is 11.8 Å². The van der Waals surface area contributed by atoms with E-state index in [1.54, 1.807) is 55.7 Å². The summed E-state index contributed by atoms with van der Waals surface area (Å²) in [6.45, 7) is 21.6. The fraction of sp³-hybridized carbons (Fsp3) is 0.362. The van der Waals surface area contributed by atoms with Gasteiger partial charge in [0.1, 0.15) is 0 Å². The lowest BCUT2D eigenvalue weighted by atomic mass is 9.59. The molecule has 0 nitrogen and oxygen atoms in total. The van der Waals surface area contributed by atoms with Crippen molar-refractivity contribution in [2.75, 3.05) is 0 Å². The molecule has 0 aromatic heterocycles. The van der Waals surface area contributed by atoms with Crippen LogP contribution in [0.3, 0.4) is 0 Å². The van der Waals surface area contributed by atoms with Gasteiger partial charge in [-0.25, -0.2) is 0 Å². The van der Waals surface area contributed by atoms with Crippen LogP contribution in [0.25, 0.3) is 22.3 Å². The van der Waals surface area contributed by atoms with Crippen LogP contribution in [-0.2, 0) is 0 Å². The summed E-state index contributed by atoms with van der Waals surface area (Å²) in [7, 11) is 0. The van der Waals surface area contributed by atoms with Crippen LogP contribution in [0.4, 0.5) is 0 Å². The molecule has 0 heterocycles. The second-order valence-electron chi connectivity index (χ2n) is 22.8. The number of hydrogen-bond donors (Lipinski definition) is 0. The molecule has 0 amide bonds. The lowest BCUT2D eigenvalue weighted by molar-refractivity contribution is 0.384. The molecule has 8 atom stereocenters. The maximum Gasteiger partial charge on any atom is 0.0134 e.